The van der Waals surface area contributed by atoms with Crippen LogP contribution in [0, 0.1) is 0 Å². The van der Waals surface area contributed by atoms with Gasteiger partial charge in [-0.3, -0.25) is 4.99 Å². The van der Waals surface area contributed by atoms with Crippen LogP contribution < -0.4 is 0 Å². The van der Waals surface area contributed by atoms with Crippen molar-refractivity contribution in [2.75, 3.05) is 13.2 Å². The van der Waals surface area contributed by atoms with Crippen LogP contribution in [-0.4, -0.2) is 18.9 Å². The van der Waals surface area contributed by atoms with Gasteiger partial charge in [0.2, 0.25) is 0 Å². The predicted molar refractivity (Wildman–Crippen MR) is 55.7 cm³/mol. The van der Waals surface area contributed by atoms with Gasteiger partial charge in [0.1, 0.15) is 0 Å². The van der Waals surface area contributed by atoms with Crippen LogP contribution in [0.4, 0.5) is 0 Å². The number of hydrogen-bond acceptors (Lipinski definition) is 2. The summed E-state index contributed by atoms with van der Waals surface area (Å²) in [5, 5.41) is 0. The van der Waals surface area contributed by atoms with E-state index in [2.05, 4.69) is 18.2 Å². The Labute approximate surface area is 75.7 Å². The summed E-state index contributed by atoms with van der Waals surface area (Å²) in [6.45, 7) is 14.2. The third-order valence-corrected chi connectivity index (χ3v) is 0.947. The molecule has 0 aromatic carbocycles. The van der Waals surface area contributed by atoms with Crippen molar-refractivity contribution < 1.29 is 4.74 Å². The number of rotatable bonds is 5. The van der Waals surface area contributed by atoms with Crippen LogP contribution in [0.2, 0.25) is 0 Å². The Morgan fingerprint density at radius 1 is 1.42 bits per heavy atom. The molecule has 2 heteroatoms. The molecule has 0 amide bonds. The second-order valence-electron chi connectivity index (χ2n) is 1.64. The number of ether oxygens (including phenoxy) is 1. The molecule has 0 unspecified atom stereocenters. The molecule has 0 aliphatic rings. The molecule has 70 valence electrons. The maximum absolute atomic E-state index is 5.09. The van der Waals surface area contributed by atoms with Gasteiger partial charge in [-0.05, 0) is 13.0 Å². The zero-order chi connectivity index (χ0) is 9.82. The molecule has 0 aromatic rings. The molecule has 0 bridgehead atoms. The van der Waals surface area contributed by atoms with E-state index in [1.807, 2.05) is 20.8 Å². The molecular formula is C10H19NO. The van der Waals surface area contributed by atoms with E-state index >= 15 is 0 Å². The van der Waals surface area contributed by atoms with Gasteiger partial charge >= 0.3 is 0 Å². The Kier molecular flexibility index (Phi) is 14.5. The molecule has 0 heterocycles. The van der Waals surface area contributed by atoms with Crippen molar-refractivity contribution in [1.82, 2.24) is 0 Å². The van der Waals surface area contributed by atoms with Gasteiger partial charge in [0.05, 0.1) is 12.3 Å². The van der Waals surface area contributed by atoms with Gasteiger partial charge in [-0.2, -0.15) is 0 Å². The highest BCUT2D eigenvalue weighted by atomic mass is 16.5. The first-order chi connectivity index (χ1) is 5.85. The highest BCUT2D eigenvalue weighted by Crippen LogP contribution is 1.83. The fraction of sp³-hybridized carbons (Fsp3) is 0.500. The molecule has 2 nitrogen and oxygen atoms in total. The Morgan fingerprint density at radius 2 is 2.00 bits per heavy atom. The fourth-order valence-electron chi connectivity index (χ4n) is 0.473. The van der Waals surface area contributed by atoms with Gasteiger partial charge in [-0.1, -0.05) is 27.0 Å². The number of nitrogens with zero attached hydrogens (tertiary/aromatic N) is 1. The van der Waals surface area contributed by atoms with Crippen LogP contribution in [0.15, 0.2) is 30.4 Å². The monoisotopic (exact) mass is 169 g/mol. The molecular weight excluding hydrogens is 150 g/mol. The molecule has 0 aliphatic heterocycles. The van der Waals surface area contributed by atoms with Crippen LogP contribution in [0.25, 0.3) is 0 Å². The van der Waals surface area contributed by atoms with Gasteiger partial charge in [0, 0.05) is 12.8 Å². The van der Waals surface area contributed by atoms with Crippen LogP contribution in [0.3, 0.4) is 0 Å². The van der Waals surface area contributed by atoms with Crippen molar-refractivity contribution in [1.29, 1.82) is 0 Å². The molecule has 12 heavy (non-hydrogen) atoms. The Hall–Kier alpha value is -0.890. The number of hydrogen-bond donors (Lipinski definition) is 0. The lowest BCUT2D eigenvalue weighted by molar-refractivity contribution is 0.188. The lowest BCUT2D eigenvalue weighted by atomic mass is 10.4. The Morgan fingerprint density at radius 3 is 2.33 bits per heavy atom. The van der Waals surface area contributed by atoms with Crippen molar-refractivity contribution in [3.05, 3.63) is 25.4 Å². The molecule has 0 N–H and O–H groups in total. The lowest BCUT2D eigenvalue weighted by Crippen LogP contribution is -2.04. The second kappa shape index (κ2) is 12.8. The molecule has 0 atom stereocenters. The molecule has 0 saturated heterocycles. The molecule has 0 saturated carbocycles. The Bertz CT molecular complexity index is 139. The quantitative estimate of drug-likeness (QED) is 0.580. The van der Waals surface area contributed by atoms with Crippen molar-refractivity contribution in [2.24, 2.45) is 4.99 Å². The van der Waals surface area contributed by atoms with Gasteiger partial charge in [0.15, 0.2) is 0 Å². The minimum atomic E-state index is 0.520. The fourth-order valence-corrected chi connectivity index (χ4v) is 0.473. The molecule has 0 rings (SSSR count). The summed E-state index contributed by atoms with van der Waals surface area (Å²) in [7, 11) is 0. The van der Waals surface area contributed by atoms with E-state index < -0.39 is 0 Å². The largest absolute Gasteiger partial charge is 0.375 e. The summed E-state index contributed by atoms with van der Waals surface area (Å²) in [6.07, 6.45) is 3.15. The summed E-state index contributed by atoms with van der Waals surface area (Å²) < 4.78 is 5.09. The van der Waals surface area contributed by atoms with Crippen molar-refractivity contribution >= 4 is 5.71 Å². The van der Waals surface area contributed by atoms with Crippen molar-refractivity contribution in [2.45, 2.75) is 20.8 Å². The summed E-state index contributed by atoms with van der Waals surface area (Å²) in [5.74, 6) is 0. The molecule has 0 spiro atoms. The topological polar surface area (TPSA) is 21.6 Å². The average Bonchev–Trinajstić information content (AvgIpc) is 2.15. The van der Waals surface area contributed by atoms with Crippen LogP contribution in [0.1, 0.15) is 20.8 Å². The third kappa shape index (κ3) is 9.11. The Balaban J connectivity index is 0. The van der Waals surface area contributed by atoms with E-state index in [0.717, 1.165) is 5.71 Å². The van der Waals surface area contributed by atoms with Crippen LogP contribution in [0.5, 0.6) is 0 Å². The molecule has 0 aliphatic carbocycles. The predicted octanol–water partition coefficient (Wildman–Crippen LogP) is 2.82. The highest BCUT2D eigenvalue weighted by molar-refractivity contribution is 5.95. The molecule has 0 radical (unpaired) electrons. The maximum atomic E-state index is 5.09. The third-order valence-electron chi connectivity index (χ3n) is 0.947. The van der Waals surface area contributed by atoms with Crippen LogP contribution >= 0.6 is 0 Å². The van der Waals surface area contributed by atoms with Gasteiger partial charge < -0.3 is 4.74 Å². The average molecular weight is 169 g/mol. The van der Waals surface area contributed by atoms with E-state index in [9.17, 15) is 0 Å². The van der Waals surface area contributed by atoms with E-state index in [1.54, 1.807) is 6.08 Å². The molecule has 0 aromatic heterocycles. The van der Waals surface area contributed by atoms with E-state index in [0.29, 0.717) is 13.2 Å². The van der Waals surface area contributed by atoms with E-state index in [4.69, 9.17) is 4.74 Å². The summed E-state index contributed by atoms with van der Waals surface area (Å²) in [5.41, 5.74) is 0.817. The highest BCUT2D eigenvalue weighted by Gasteiger charge is 1.89. The maximum Gasteiger partial charge on any atom is 0.0887 e. The van der Waals surface area contributed by atoms with Crippen molar-refractivity contribution in [3.63, 3.8) is 0 Å². The minimum absolute atomic E-state index is 0.520. The normalized spacial score (nSPS) is 9.75. The standard InChI is InChI=1S/C8H13NO.C2H6/c1-4-8(9-5-2)7-10-6-3;1-2/h4-5H,1-2,6-7H2,3H3;1-2H3. The van der Waals surface area contributed by atoms with Gasteiger partial charge in [-0.25, -0.2) is 0 Å². The first-order valence-corrected chi connectivity index (χ1v) is 4.22. The summed E-state index contributed by atoms with van der Waals surface area (Å²) in [6, 6.07) is 0. The van der Waals surface area contributed by atoms with Gasteiger partial charge in [-0.15, -0.1) is 0 Å². The van der Waals surface area contributed by atoms with Crippen LogP contribution in [-0.2, 0) is 4.74 Å². The zero-order valence-electron chi connectivity index (χ0n) is 8.34. The number of aliphatic imine (C=N–C) groups is 1. The smallest absolute Gasteiger partial charge is 0.0887 e. The first-order valence-electron chi connectivity index (χ1n) is 4.22. The SMILES string of the molecule is C=CN=C(C=C)COCC.CC. The first kappa shape index (κ1) is 13.7. The summed E-state index contributed by atoms with van der Waals surface area (Å²) >= 11 is 0. The van der Waals surface area contributed by atoms with E-state index in [1.165, 1.54) is 6.20 Å². The minimum Gasteiger partial charge on any atom is -0.375 e. The van der Waals surface area contributed by atoms with Crippen molar-refractivity contribution in [3.8, 4) is 0 Å². The zero-order valence-corrected chi connectivity index (χ0v) is 8.34. The second-order valence-corrected chi connectivity index (χ2v) is 1.64. The lowest BCUT2D eigenvalue weighted by Gasteiger charge is -1.98. The van der Waals surface area contributed by atoms with E-state index in [-0.39, 0.29) is 0 Å². The molecule has 0 fully saturated rings. The summed E-state index contributed by atoms with van der Waals surface area (Å²) in [4.78, 5) is 3.92. The van der Waals surface area contributed by atoms with Gasteiger partial charge in [0.25, 0.3) is 0 Å².